The average molecular weight is 278 g/mol. The smallest absolute Gasteiger partial charge is 0.259 e. The zero-order valence-corrected chi connectivity index (χ0v) is 12.4. The van der Waals surface area contributed by atoms with E-state index < -0.39 is 5.60 Å². The molecular weight excluding hydrogens is 256 g/mol. The Morgan fingerprint density at radius 1 is 1.25 bits per heavy atom. The quantitative estimate of drug-likeness (QED) is 0.854. The van der Waals surface area contributed by atoms with E-state index in [-0.39, 0.29) is 11.3 Å². The SMILES string of the molecule is Cc1noc(C)c1C(=O)N1CCC2(CC1)CCC2(C)O. The number of hydrogen-bond acceptors (Lipinski definition) is 4. The summed E-state index contributed by atoms with van der Waals surface area (Å²) in [7, 11) is 0. The van der Waals surface area contributed by atoms with E-state index >= 15 is 0 Å². The third-order valence-corrected chi connectivity index (χ3v) is 5.49. The summed E-state index contributed by atoms with van der Waals surface area (Å²) in [5.41, 5.74) is 0.734. The van der Waals surface area contributed by atoms with Crippen molar-refractivity contribution in [3.05, 3.63) is 17.0 Å². The van der Waals surface area contributed by atoms with Crippen molar-refractivity contribution in [2.45, 2.75) is 52.1 Å². The van der Waals surface area contributed by atoms with Gasteiger partial charge in [0.1, 0.15) is 11.3 Å². The highest BCUT2D eigenvalue weighted by Gasteiger charge is 2.55. The van der Waals surface area contributed by atoms with Crippen molar-refractivity contribution in [1.82, 2.24) is 10.1 Å². The van der Waals surface area contributed by atoms with Gasteiger partial charge in [-0.25, -0.2) is 0 Å². The molecule has 1 atom stereocenters. The van der Waals surface area contributed by atoms with Crippen molar-refractivity contribution in [2.75, 3.05) is 13.1 Å². The molecule has 1 spiro atoms. The first kappa shape index (κ1) is 13.6. The number of aromatic nitrogens is 1. The molecule has 1 aromatic heterocycles. The fourth-order valence-corrected chi connectivity index (χ4v) is 3.71. The Morgan fingerprint density at radius 3 is 2.30 bits per heavy atom. The molecule has 1 aliphatic carbocycles. The molecule has 5 heteroatoms. The summed E-state index contributed by atoms with van der Waals surface area (Å²) in [5.74, 6) is 0.596. The summed E-state index contributed by atoms with van der Waals surface area (Å²) in [6.45, 7) is 6.92. The van der Waals surface area contributed by atoms with Gasteiger partial charge in [-0.15, -0.1) is 0 Å². The van der Waals surface area contributed by atoms with Crippen LogP contribution in [0.2, 0.25) is 0 Å². The van der Waals surface area contributed by atoms with Gasteiger partial charge in [-0.1, -0.05) is 5.16 Å². The Bertz CT molecular complexity index is 520. The maximum atomic E-state index is 12.5. The van der Waals surface area contributed by atoms with Gasteiger partial charge < -0.3 is 14.5 Å². The van der Waals surface area contributed by atoms with Crippen LogP contribution in [0.4, 0.5) is 0 Å². The third-order valence-electron chi connectivity index (χ3n) is 5.49. The first-order chi connectivity index (χ1) is 9.36. The molecule has 110 valence electrons. The number of carbonyl (C=O) groups excluding carboxylic acids is 1. The van der Waals surface area contributed by atoms with E-state index in [1.54, 1.807) is 13.8 Å². The van der Waals surface area contributed by atoms with E-state index in [0.29, 0.717) is 30.1 Å². The van der Waals surface area contributed by atoms with Crippen molar-refractivity contribution in [2.24, 2.45) is 5.41 Å². The van der Waals surface area contributed by atoms with Crippen LogP contribution in [0.3, 0.4) is 0 Å². The first-order valence-corrected chi connectivity index (χ1v) is 7.31. The van der Waals surface area contributed by atoms with Gasteiger partial charge >= 0.3 is 0 Å². The van der Waals surface area contributed by atoms with Crippen LogP contribution in [0.5, 0.6) is 0 Å². The third kappa shape index (κ3) is 1.79. The fourth-order valence-electron chi connectivity index (χ4n) is 3.71. The fraction of sp³-hybridized carbons (Fsp3) is 0.733. The normalized spacial score (nSPS) is 28.5. The minimum absolute atomic E-state index is 0.00932. The molecule has 1 saturated heterocycles. The molecule has 20 heavy (non-hydrogen) atoms. The molecule has 2 fully saturated rings. The van der Waals surface area contributed by atoms with Crippen LogP contribution in [0.15, 0.2) is 4.52 Å². The second-order valence-electron chi connectivity index (χ2n) is 6.55. The largest absolute Gasteiger partial charge is 0.390 e. The lowest BCUT2D eigenvalue weighted by atomic mass is 9.53. The van der Waals surface area contributed by atoms with Crippen LogP contribution < -0.4 is 0 Å². The first-order valence-electron chi connectivity index (χ1n) is 7.31. The Labute approximate surface area is 118 Å². The van der Waals surface area contributed by atoms with Crippen molar-refractivity contribution >= 4 is 5.91 Å². The number of aliphatic hydroxyl groups is 1. The summed E-state index contributed by atoms with van der Waals surface area (Å²) in [5, 5.41) is 14.2. The van der Waals surface area contributed by atoms with E-state index in [1.165, 1.54) is 0 Å². The molecule has 2 aliphatic rings. The minimum Gasteiger partial charge on any atom is -0.390 e. The molecule has 1 amide bonds. The molecule has 1 saturated carbocycles. The molecule has 1 N–H and O–H groups in total. The van der Waals surface area contributed by atoms with Crippen molar-refractivity contribution in [1.29, 1.82) is 0 Å². The number of rotatable bonds is 1. The topological polar surface area (TPSA) is 66.6 Å². The van der Waals surface area contributed by atoms with Crippen LogP contribution in [-0.2, 0) is 0 Å². The highest BCUT2D eigenvalue weighted by molar-refractivity contribution is 5.96. The van der Waals surface area contributed by atoms with E-state index in [1.807, 2.05) is 11.8 Å². The van der Waals surface area contributed by atoms with E-state index in [2.05, 4.69) is 5.16 Å². The molecule has 5 nitrogen and oxygen atoms in total. The molecule has 1 aromatic rings. The molecule has 0 radical (unpaired) electrons. The van der Waals surface area contributed by atoms with Crippen LogP contribution in [0, 0.1) is 19.3 Å². The average Bonchev–Trinajstić information content (AvgIpc) is 2.76. The van der Waals surface area contributed by atoms with Crippen LogP contribution in [-0.4, -0.2) is 39.8 Å². The summed E-state index contributed by atoms with van der Waals surface area (Å²) in [6, 6.07) is 0. The van der Waals surface area contributed by atoms with Gasteiger partial charge in [0, 0.05) is 18.5 Å². The Balaban J connectivity index is 1.72. The molecule has 1 unspecified atom stereocenters. The number of aryl methyl sites for hydroxylation is 2. The zero-order valence-electron chi connectivity index (χ0n) is 12.4. The van der Waals surface area contributed by atoms with Gasteiger partial charge in [0.25, 0.3) is 5.91 Å². The maximum absolute atomic E-state index is 12.5. The highest BCUT2D eigenvalue weighted by atomic mass is 16.5. The Kier molecular flexibility index (Phi) is 2.94. The number of likely N-dealkylation sites (tertiary alicyclic amines) is 1. The summed E-state index contributed by atoms with van der Waals surface area (Å²) >= 11 is 0. The van der Waals surface area contributed by atoms with Gasteiger partial charge in [-0.05, 0) is 46.5 Å². The van der Waals surface area contributed by atoms with E-state index in [9.17, 15) is 9.90 Å². The van der Waals surface area contributed by atoms with Gasteiger partial charge in [-0.2, -0.15) is 0 Å². The molecule has 3 rings (SSSR count). The molecular formula is C15H22N2O3. The van der Waals surface area contributed by atoms with Gasteiger partial charge in [0.2, 0.25) is 0 Å². The summed E-state index contributed by atoms with van der Waals surface area (Å²) < 4.78 is 5.08. The lowest BCUT2D eigenvalue weighted by Crippen LogP contribution is -2.60. The summed E-state index contributed by atoms with van der Waals surface area (Å²) in [4.78, 5) is 14.4. The lowest BCUT2D eigenvalue weighted by molar-refractivity contribution is -0.174. The van der Waals surface area contributed by atoms with Crippen molar-refractivity contribution < 1.29 is 14.4 Å². The molecule has 0 aromatic carbocycles. The summed E-state index contributed by atoms with van der Waals surface area (Å²) in [6.07, 6.45) is 3.72. The molecule has 2 heterocycles. The zero-order chi connectivity index (χ0) is 14.5. The molecule has 1 aliphatic heterocycles. The number of amides is 1. The predicted molar refractivity (Wildman–Crippen MR) is 73.4 cm³/mol. The highest BCUT2D eigenvalue weighted by Crippen LogP contribution is 2.56. The van der Waals surface area contributed by atoms with Crippen molar-refractivity contribution in [3.63, 3.8) is 0 Å². The Morgan fingerprint density at radius 2 is 1.90 bits per heavy atom. The number of carbonyl (C=O) groups is 1. The van der Waals surface area contributed by atoms with Crippen molar-refractivity contribution in [3.8, 4) is 0 Å². The minimum atomic E-state index is -0.550. The standard InChI is InChI=1S/C15H22N2O3/c1-10-12(11(2)20-16-10)13(18)17-8-6-15(7-9-17)5-4-14(15,3)19/h19H,4-9H2,1-3H3. The van der Waals surface area contributed by atoms with Gasteiger partial charge in [0.05, 0.1) is 11.3 Å². The number of nitrogens with zero attached hydrogens (tertiary/aromatic N) is 2. The van der Waals surface area contributed by atoms with Gasteiger partial charge in [-0.3, -0.25) is 4.79 Å². The number of piperidine rings is 1. The van der Waals surface area contributed by atoms with Crippen LogP contribution >= 0.6 is 0 Å². The van der Waals surface area contributed by atoms with Crippen LogP contribution in [0.1, 0.15) is 54.4 Å². The predicted octanol–water partition coefficient (Wildman–Crippen LogP) is 2.06. The van der Waals surface area contributed by atoms with Gasteiger partial charge in [0.15, 0.2) is 0 Å². The maximum Gasteiger partial charge on any atom is 0.259 e. The Hall–Kier alpha value is -1.36. The monoisotopic (exact) mass is 278 g/mol. The molecule has 0 bridgehead atoms. The second kappa shape index (κ2) is 4.32. The number of hydrogen-bond donors (Lipinski definition) is 1. The van der Waals surface area contributed by atoms with Crippen LogP contribution in [0.25, 0.3) is 0 Å². The van der Waals surface area contributed by atoms with E-state index in [4.69, 9.17) is 4.52 Å². The lowest BCUT2D eigenvalue weighted by Gasteiger charge is -2.58. The second-order valence-corrected chi connectivity index (χ2v) is 6.55. The van der Waals surface area contributed by atoms with E-state index in [0.717, 1.165) is 25.7 Å².